The predicted molar refractivity (Wildman–Crippen MR) is 80.7 cm³/mol. The van der Waals surface area contributed by atoms with Crippen molar-refractivity contribution >= 4 is 12.1 Å². The number of nitrogens with two attached hydrogens (primary N) is 1. The lowest BCUT2D eigenvalue weighted by Crippen LogP contribution is -2.36. The summed E-state index contributed by atoms with van der Waals surface area (Å²) in [6.07, 6.45) is 4.26. The standard InChI is InChI=1S/C14H28N4O2/c1-14(2,3)20-13(19)17-9-5-8-16-12(15)18-10-11-6-4-7-11/h11H,4-10H2,1-3H3,(H,17,19)(H3,15,16,18). The molecule has 0 spiro atoms. The molecule has 0 aromatic carbocycles. The number of alkyl carbamates (subject to hydrolysis) is 1. The van der Waals surface area contributed by atoms with E-state index in [1.165, 1.54) is 19.3 Å². The fourth-order valence-electron chi connectivity index (χ4n) is 1.77. The molecule has 0 aliphatic heterocycles. The van der Waals surface area contributed by atoms with Gasteiger partial charge < -0.3 is 21.1 Å². The SMILES string of the molecule is CC(C)(C)OC(=O)NCCCNC(N)=NCC1CCC1. The maximum absolute atomic E-state index is 11.4. The molecule has 0 heterocycles. The van der Waals surface area contributed by atoms with Crippen molar-refractivity contribution in [3.63, 3.8) is 0 Å². The highest BCUT2D eigenvalue weighted by Crippen LogP contribution is 2.26. The molecule has 1 amide bonds. The number of nitrogens with zero attached hydrogens (tertiary/aromatic N) is 1. The summed E-state index contributed by atoms with van der Waals surface area (Å²) in [5, 5.41) is 5.74. The quantitative estimate of drug-likeness (QED) is 0.393. The minimum atomic E-state index is -0.457. The van der Waals surface area contributed by atoms with Crippen LogP contribution in [-0.2, 0) is 4.74 Å². The third-order valence-electron chi connectivity index (χ3n) is 3.07. The molecule has 0 bridgehead atoms. The molecule has 0 unspecified atom stereocenters. The van der Waals surface area contributed by atoms with Gasteiger partial charge in [0, 0.05) is 19.6 Å². The lowest BCUT2D eigenvalue weighted by atomic mass is 9.86. The van der Waals surface area contributed by atoms with Crippen LogP contribution in [0.1, 0.15) is 46.5 Å². The van der Waals surface area contributed by atoms with Gasteiger partial charge in [-0.05, 0) is 46.0 Å². The van der Waals surface area contributed by atoms with Crippen molar-refractivity contribution in [3.8, 4) is 0 Å². The topological polar surface area (TPSA) is 88.7 Å². The van der Waals surface area contributed by atoms with Gasteiger partial charge in [0.1, 0.15) is 5.60 Å². The van der Waals surface area contributed by atoms with Gasteiger partial charge in [0.15, 0.2) is 5.96 Å². The average Bonchev–Trinajstić information content (AvgIpc) is 2.23. The first-order chi connectivity index (χ1) is 9.37. The van der Waals surface area contributed by atoms with E-state index < -0.39 is 5.60 Å². The molecule has 1 saturated carbocycles. The van der Waals surface area contributed by atoms with Crippen LogP contribution in [0.5, 0.6) is 0 Å². The van der Waals surface area contributed by atoms with Gasteiger partial charge in [-0.25, -0.2) is 4.79 Å². The van der Waals surface area contributed by atoms with E-state index in [1.54, 1.807) is 0 Å². The van der Waals surface area contributed by atoms with Gasteiger partial charge in [-0.15, -0.1) is 0 Å². The van der Waals surface area contributed by atoms with Gasteiger partial charge in [0.05, 0.1) is 0 Å². The second-order valence-electron chi connectivity index (χ2n) is 6.23. The van der Waals surface area contributed by atoms with Crippen molar-refractivity contribution in [1.29, 1.82) is 0 Å². The molecular formula is C14H28N4O2. The van der Waals surface area contributed by atoms with Crippen LogP contribution in [0, 0.1) is 5.92 Å². The van der Waals surface area contributed by atoms with Gasteiger partial charge in [-0.2, -0.15) is 0 Å². The van der Waals surface area contributed by atoms with E-state index >= 15 is 0 Å². The number of guanidine groups is 1. The number of ether oxygens (including phenoxy) is 1. The van der Waals surface area contributed by atoms with Crippen molar-refractivity contribution in [3.05, 3.63) is 0 Å². The lowest BCUT2D eigenvalue weighted by molar-refractivity contribution is 0.0527. The summed E-state index contributed by atoms with van der Waals surface area (Å²) in [5.41, 5.74) is 5.30. The Balaban J connectivity index is 1.99. The zero-order valence-electron chi connectivity index (χ0n) is 12.9. The summed E-state index contributed by atoms with van der Waals surface area (Å²) in [6.45, 7) is 7.59. The van der Waals surface area contributed by atoms with Crippen molar-refractivity contribution in [2.45, 2.75) is 52.1 Å². The first kappa shape index (κ1) is 16.6. The minimum Gasteiger partial charge on any atom is -0.444 e. The summed E-state index contributed by atoms with van der Waals surface area (Å²) < 4.78 is 5.13. The van der Waals surface area contributed by atoms with Gasteiger partial charge in [-0.3, -0.25) is 4.99 Å². The number of amides is 1. The van der Waals surface area contributed by atoms with Gasteiger partial charge in [0.25, 0.3) is 0 Å². The molecule has 1 aliphatic carbocycles. The number of rotatable bonds is 6. The van der Waals surface area contributed by atoms with Crippen molar-refractivity contribution in [2.24, 2.45) is 16.6 Å². The Morgan fingerprint density at radius 2 is 1.95 bits per heavy atom. The van der Waals surface area contributed by atoms with Crippen LogP contribution in [-0.4, -0.2) is 37.3 Å². The lowest BCUT2D eigenvalue weighted by Gasteiger charge is -2.23. The summed E-state index contributed by atoms with van der Waals surface area (Å²) in [4.78, 5) is 15.7. The maximum Gasteiger partial charge on any atom is 0.407 e. The van der Waals surface area contributed by atoms with Gasteiger partial charge in [-0.1, -0.05) is 6.42 Å². The molecule has 20 heavy (non-hydrogen) atoms. The molecule has 0 radical (unpaired) electrons. The van der Waals surface area contributed by atoms with Gasteiger partial charge in [0.2, 0.25) is 0 Å². The molecule has 0 aromatic heterocycles. The Labute approximate surface area is 121 Å². The number of carbonyl (C=O) groups excluding carboxylic acids is 1. The van der Waals surface area contributed by atoms with Crippen LogP contribution in [0.4, 0.5) is 4.79 Å². The van der Waals surface area contributed by atoms with Crippen LogP contribution in [0.15, 0.2) is 4.99 Å². The number of hydrogen-bond acceptors (Lipinski definition) is 3. The van der Waals surface area contributed by atoms with E-state index in [1.807, 2.05) is 20.8 Å². The second-order valence-corrected chi connectivity index (χ2v) is 6.23. The number of nitrogens with one attached hydrogen (secondary N) is 2. The first-order valence-electron chi connectivity index (χ1n) is 7.37. The summed E-state index contributed by atoms with van der Waals surface area (Å²) >= 11 is 0. The molecule has 6 nitrogen and oxygen atoms in total. The van der Waals surface area contributed by atoms with Crippen LogP contribution < -0.4 is 16.4 Å². The predicted octanol–water partition coefficient (Wildman–Crippen LogP) is 1.61. The molecule has 0 aromatic rings. The molecule has 0 atom stereocenters. The van der Waals surface area contributed by atoms with E-state index in [2.05, 4.69) is 15.6 Å². The Kier molecular flexibility index (Phi) is 6.61. The third-order valence-corrected chi connectivity index (χ3v) is 3.07. The smallest absolute Gasteiger partial charge is 0.407 e. The van der Waals surface area contributed by atoms with E-state index in [0.717, 1.165) is 18.9 Å². The zero-order chi connectivity index (χ0) is 15.0. The molecule has 0 saturated heterocycles. The van der Waals surface area contributed by atoms with Crippen LogP contribution in [0.3, 0.4) is 0 Å². The Hall–Kier alpha value is -1.46. The number of hydrogen-bond donors (Lipinski definition) is 3. The van der Waals surface area contributed by atoms with Crippen molar-refractivity contribution < 1.29 is 9.53 Å². The van der Waals surface area contributed by atoms with Crippen molar-refractivity contribution in [2.75, 3.05) is 19.6 Å². The highest BCUT2D eigenvalue weighted by molar-refractivity contribution is 5.77. The fourth-order valence-corrected chi connectivity index (χ4v) is 1.77. The van der Waals surface area contributed by atoms with E-state index in [9.17, 15) is 4.79 Å². The first-order valence-corrected chi connectivity index (χ1v) is 7.37. The fraction of sp³-hybridized carbons (Fsp3) is 0.857. The van der Waals surface area contributed by atoms with E-state index in [-0.39, 0.29) is 6.09 Å². The largest absolute Gasteiger partial charge is 0.444 e. The summed E-state index contributed by atoms with van der Waals surface area (Å²) in [7, 11) is 0. The van der Waals surface area contributed by atoms with E-state index in [0.29, 0.717) is 19.0 Å². The van der Waals surface area contributed by atoms with Crippen LogP contribution in [0.25, 0.3) is 0 Å². The zero-order valence-corrected chi connectivity index (χ0v) is 12.9. The molecule has 116 valence electrons. The Morgan fingerprint density at radius 1 is 1.30 bits per heavy atom. The third kappa shape index (κ3) is 7.86. The molecule has 1 aliphatic rings. The molecule has 1 rings (SSSR count). The Morgan fingerprint density at radius 3 is 2.50 bits per heavy atom. The second kappa shape index (κ2) is 7.97. The molecular weight excluding hydrogens is 256 g/mol. The van der Waals surface area contributed by atoms with Gasteiger partial charge >= 0.3 is 6.09 Å². The maximum atomic E-state index is 11.4. The van der Waals surface area contributed by atoms with E-state index in [4.69, 9.17) is 10.5 Å². The highest BCUT2D eigenvalue weighted by Gasteiger charge is 2.16. The summed E-state index contributed by atoms with van der Waals surface area (Å²) in [5.74, 6) is 1.22. The number of carbonyl (C=O) groups is 1. The molecule has 6 heteroatoms. The summed E-state index contributed by atoms with van der Waals surface area (Å²) in [6, 6.07) is 0. The highest BCUT2D eigenvalue weighted by atomic mass is 16.6. The molecule has 4 N–H and O–H groups in total. The van der Waals surface area contributed by atoms with Crippen molar-refractivity contribution in [1.82, 2.24) is 10.6 Å². The van der Waals surface area contributed by atoms with Crippen LogP contribution in [0.2, 0.25) is 0 Å². The average molecular weight is 284 g/mol. The minimum absolute atomic E-state index is 0.385. The Bertz CT molecular complexity index is 333. The normalized spacial score (nSPS) is 16.4. The van der Waals surface area contributed by atoms with Crippen LogP contribution >= 0.6 is 0 Å². The number of aliphatic imine (C=N–C) groups is 1. The molecule has 1 fully saturated rings. The monoisotopic (exact) mass is 284 g/mol.